The van der Waals surface area contributed by atoms with Crippen LogP contribution >= 0.6 is 0 Å². The zero-order valence-electron chi connectivity index (χ0n) is 14.2. The Morgan fingerprint density at radius 3 is 2.54 bits per heavy atom. The van der Waals surface area contributed by atoms with E-state index in [1.54, 1.807) is 18.2 Å². The van der Waals surface area contributed by atoms with Crippen molar-refractivity contribution in [3.05, 3.63) is 34.9 Å². The van der Waals surface area contributed by atoms with Crippen LogP contribution in [0.5, 0.6) is 0 Å². The number of amides is 4. The van der Waals surface area contributed by atoms with Crippen molar-refractivity contribution in [2.75, 3.05) is 6.54 Å². The monoisotopic (exact) mass is 356 g/mol. The number of piperidine rings is 1. The molecule has 1 aromatic rings. The van der Waals surface area contributed by atoms with Crippen molar-refractivity contribution in [3.8, 4) is 0 Å². The van der Waals surface area contributed by atoms with Crippen LogP contribution in [0.4, 0.5) is 0 Å². The predicted octanol–water partition coefficient (Wildman–Crippen LogP) is -0.331. The first-order valence-electron chi connectivity index (χ1n) is 8.74. The van der Waals surface area contributed by atoms with Crippen LogP contribution in [0.3, 0.4) is 0 Å². The van der Waals surface area contributed by atoms with Crippen molar-refractivity contribution in [3.63, 3.8) is 0 Å². The lowest BCUT2D eigenvalue weighted by Crippen LogP contribution is -2.54. The minimum Gasteiger partial charge on any atom is -0.329 e. The maximum absolute atomic E-state index is 12.8. The third-order valence-electron chi connectivity index (χ3n) is 5.42. The van der Waals surface area contributed by atoms with Gasteiger partial charge in [-0.15, -0.1) is 0 Å². The summed E-state index contributed by atoms with van der Waals surface area (Å²) in [7, 11) is 0. The number of hydrogen-bond donors (Lipinski definition) is 3. The molecule has 4 rings (SSSR count). The highest BCUT2D eigenvalue weighted by Crippen LogP contribution is 2.34. The van der Waals surface area contributed by atoms with Gasteiger partial charge in [0.1, 0.15) is 6.04 Å². The fraction of sp³-hybridized carbons (Fsp3) is 0.444. The van der Waals surface area contributed by atoms with Crippen molar-refractivity contribution in [1.82, 2.24) is 15.5 Å². The number of nitrogens with two attached hydrogens (primary N) is 1. The molecule has 0 radical (unpaired) electrons. The molecule has 136 valence electrons. The smallest absolute Gasteiger partial charge is 0.262 e. The van der Waals surface area contributed by atoms with Gasteiger partial charge in [-0.1, -0.05) is 6.07 Å². The lowest BCUT2D eigenvalue weighted by molar-refractivity contribution is -0.136. The molecular formula is C18H20N4O4. The van der Waals surface area contributed by atoms with E-state index >= 15 is 0 Å². The summed E-state index contributed by atoms with van der Waals surface area (Å²) in [4.78, 5) is 49.7. The molecule has 1 saturated heterocycles. The van der Waals surface area contributed by atoms with Crippen LogP contribution < -0.4 is 16.4 Å². The van der Waals surface area contributed by atoms with E-state index in [0.29, 0.717) is 24.2 Å². The number of benzene rings is 1. The maximum Gasteiger partial charge on any atom is 0.262 e. The van der Waals surface area contributed by atoms with Gasteiger partial charge in [-0.05, 0) is 37.0 Å². The number of imide groups is 2. The second-order valence-corrected chi connectivity index (χ2v) is 7.17. The summed E-state index contributed by atoms with van der Waals surface area (Å²) in [5.74, 6) is -1.96. The summed E-state index contributed by atoms with van der Waals surface area (Å²) in [6.07, 6.45) is 2.34. The molecule has 0 bridgehead atoms. The van der Waals surface area contributed by atoms with Gasteiger partial charge < -0.3 is 11.1 Å². The lowest BCUT2D eigenvalue weighted by atomic mass is 10.0. The fourth-order valence-electron chi connectivity index (χ4n) is 3.52. The Morgan fingerprint density at radius 1 is 1.15 bits per heavy atom. The first kappa shape index (κ1) is 16.9. The van der Waals surface area contributed by atoms with Crippen LogP contribution in [0.2, 0.25) is 0 Å². The van der Waals surface area contributed by atoms with Crippen molar-refractivity contribution in [2.45, 2.75) is 43.8 Å². The summed E-state index contributed by atoms with van der Waals surface area (Å²) < 4.78 is 0. The Bertz CT molecular complexity index is 830. The van der Waals surface area contributed by atoms with Gasteiger partial charge in [0.15, 0.2) is 0 Å². The van der Waals surface area contributed by atoms with Crippen LogP contribution in [-0.4, -0.2) is 46.7 Å². The average molecular weight is 356 g/mol. The highest BCUT2D eigenvalue weighted by atomic mass is 16.2. The molecule has 0 spiro atoms. The number of carbonyl (C=O) groups excluding carboxylic acids is 4. The van der Waals surface area contributed by atoms with E-state index in [9.17, 15) is 19.2 Å². The normalized spacial score (nSPS) is 23.9. The van der Waals surface area contributed by atoms with E-state index < -0.39 is 23.8 Å². The highest BCUT2D eigenvalue weighted by molar-refractivity contribution is 6.23. The van der Waals surface area contributed by atoms with E-state index in [0.717, 1.165) is 23.3 Å². The fourth-order valence-corrected chi connectivity index (χ4v) is 3.52. The first-order valence-corrected chi connectivity index (χ1v) is 8.74. The van der Waals surface area contributed by atoms with Crippen molar-refractivity contribution < 1.29 is 19.2 Å². The molecule has 26 heavy (non-hydrogen) atoms. The molecule has 1 aliphatic carbocycles. The summed E-state index contributed by atoms with van der Waals surface area (Å²) in [5, 5.41) is 5.59. The van der Waals surface area contributed by atoms with E-state index in [4.69, 9.17) is 5.73 Å². The van der Waals surface area contributed by atoms with Crippen molar-refractivity contribution in [1.29, 1.82) is 0 Å². The van der Waals surface area contributed by atoms with Gasteiger partial charge in [-0.3, -0.25) is 29.4 Å². The Morgan fingerprint density at radius 2 is 1.88 bits per heavy atom. The Hall–Kier alpha value is -2.58. The first-order chi connectivity index (χ1) is 12.4. The maximum atomic E-state index is 12.8. The molecule has 4 N–H and O–H groups in total. The number of fused-ring (bicyclic) bond motifs is 1. The molecule has 2 heterocycles. The molecule has 3 aliphatic rings. The minimum absolute atomic E-state index is 0.00238. The Labute approximate surface area is 150 Å². The van der Waals surface area contributed by atoms with Crippen molar-refractivity contribution in [2.24, 2.45) is 5.73 Å². The topological polar surface area (TPSA) is 122 Å². The molecule has 8 heteroatoms. The molecule has 1 aromatic carbocycles. The van der Waals surface area contributed by atoms with E-state index in [1.165, 1.54) is 0 Å². The summed E-state index contributed by atoms with van der Waals surface area (Å²) in [5.41, 5.74) is 7.24. The highest BCUT2D eigenvalue weighted by Gasteiger charge is 2.45. The van der Waals surface area contributed by atoms with Gasteiger partial charge in [-0.2, -0.15) is 0 Å². The number of hydrogen-bond acceptors (Lipinski definition) is 6. The van der Waals surface area contributed by atoms with Gasteiger partial charge in [0.05, 0.1) is 11.1 Å². The SMILES string of the molecule is NCC1(NCc2ccc3c(c2)C(=O)N(C2CCC(=O)NC2=O)C3=O)CC1. The molecule has 2 aliphatic heterocycles. The standard InChI is InChI=1S/C18H20N4O4/c19-9-18(5-6-18)20-8-10-1-2-11-12(7-10)17(26)22(16(11)25)13-3-4-14(23)21-15(13)24/h1-2,7,13,20H,3-6,8-9,19H2,(H,21,23,24). The molecule has 1 unspecified atom stereocenters. The summed E-state index contributed by atoms with van der Waals surface area (Å²) in [6.45, 7) is 1.13. The number of rotatable bonds is 5. The second kappa shape index (κ2) is 6.00. The average Bonchev–Trinajstić information content (AvgIpc) is 3.37. The molecule has 0 aromatic heterocycles. The van der Waals surface area contributed by atoms with Crippen molar-refractivity contribution >= 4 is 23.6 Å². The quantitative estimate of drug-likeness (QED) is 0.621. The van der Waals surface area contributed by atoms with Crippen LogP contribution in [-0.2, 0) is 16.1 Å². The second-order valence-electron chi connectivity index (χ2n) is 7.17. The number of nitrogens with one attached hydrogen (secondary N) is 2. The van der Waals surface area contributed by atoms with E-state index in [2.05, 4.69) is 10.6 Å². The Kier molecular flexibility index (Phi) is 3.89. The molecule has 2 fully saturated rings. The zero-order chi connectivity index (χ0) is 18.5. The molecule has 1 atom stereocenters. The lowest BCUT2D eigenvalue weighted by Gasteiger charge is -2.27. The van der Waals surface area contributed by atoms with Gasteiger partial charge in [-0.25, -0.2) is 0 Å². The molecule has 4 amide bonds. The molecule has 1 saturated carbocycles. The van der Waals surface area contributed by atoms with Gasteiger partial charge in [0, 0.05) is 25.0 Å². The Balaban J connectivity index is 1.54. The van der Waals surface area contributed by atoms with E-state index in [1.807, 2.05) is 0 Å². The zero-order valence-corrected chi connectivity index (χ0v) is 14.2. The van der Waals surface area contributed by atoms with Crippen LogP contribution in [0.15, 0.2) is 18.2 Å². The minimum atomic E-state index is -0.936. The van der Waals surface area contributed by atoms with Crippen LogP contribution in [0.25, 0.3) is 0 Å². The van der Waals surface area contributed by atoms with Gasteiger partial charge >= 0.3 is 0 Å². The van der Waals surface area contributed by atoms with E-state index in [-0.39, 0.29) is 24.3 Å². The third kappa shape index (κ3) is 2.71. The van der Waals surface area contributed by atoms with Crippen LogP contribution in [0, 0.1) is 0 Å². The summed E-state index contributed by atoms with van der Waals surface area (Å²) in [6, 6.07) is 4.19. The van der Waals surface area contributed by atoms with Crippen LogP contribution in [0.1, 0.15) is 52.0 Å². The molecular weight excluding hydrogens is 336 g/mol. The summed E-state index contributed by atoms with van der Waals surface area (Å²) >= 11 is 0. The van der Waals surface area contributed by atoms with Gasteiger partial charge in [0.2, 0.25) is 11.8 Å². The predicted molar refractivity (Wildman–Crippen MR) is 91.0 cm³/mol. The number of carbonyl (C=O) groups is 4. The number of nitrogens with zero attached hydrogens (tertiary/aromatic N) is 1. The largest absolute Gasteiger partial charge is 0.329 e. The third-order valence-corrected chi connectivity index (χ3v) is 5.42. The molecule has 8 nitrogen and oxygen atoms in total. The van der Waals surface area contributed by atoms with Gasteiger partial charge in [0.25, 0.3) is 11.8 Å².